The molecule has 0 amide bonds. The molecule has 1 atom stereocenters. The van der Waals surface area contributed by atoms with Crippen LogP contribution in [0.5, 0.6) is 5.75 Å². The highest BCUT2D eigenvalue weighted by Gasteiger charge is 2.15. The van der Waals surface area contributed by atoms with Crippen LogP contribution < -0.4 is 10.5 Å². The van der Waals surface area contributed by atoms with Crippen molar-refractivity contribution in [2.75, 3.05) is 26.2 Å². The van der Waals surface area contributed by atoms with E-state index in [0.29, 0.717) is 17.3 Å². The van der Waals surface area contributed by atoms with Crippen LogP contribution in [0.1, 0.15) is 24.8 Å². The molecule has 1 heterocycles. The second kappa shape index (κ2) is 7.57. The number of nitrogens with two attached hydrogens (primary N) is 1. The van der Waals surface area contributed by atoms with E-state index in [9.17, 15) is 5.11 Å². The molecule has 3 N–H and O–H groups in total. The summed E-state index contributed by atoms with van der Waals surface area (Å²) in [7, 11) is 0. The molecule has 0 aliphatic carbocycles. The van der Waals surface area contributed by atoms with Crippen LogP contribution in [-0.2, 0) is 0 Å². The molecule has 0 radical (unpaired) electrons. The molecule has 110 valence electrons. The summed E-state index contributed by atoms with van der Waals surface area (Å²) in [4.78, 5) is 2.65. The zero-order chi connectivity index (χ0) is 14.4. The Morgan fingerprint density at radius 2 is 2.10 bits per heavy atom. The first-order valence-electron chi connectivity index (χ1n) is 7.08. The van der Waals surface area contributed by atoms with Crippen molar-refractivity contribution in [1.82, 2.24) is 4.90 Å². The number of aliphatic hydroxyl groups is 1. The summed E-state index contributed by atoms with van der Waals surface area (Å²) in [5.41, 5.74) is 6.36. The number of ether oxygens (including phenoxy) is 1. The Labute approximate surface area is 125 Å². The van der Waals surface area contributed by atoms with Gasteiger partial charge >= 0.3 is 0 Å². The van der Waals surface area contributed by atoms with E-state index in [0.717, 1.165) is 18.7 Å². The summed E-state index contributed by atoms with van der Waals surface area (Å²) in [6.07, 6.45) is 3.28. The number of hydrogen-bond donors (Lipinski definition) is 2. The first kappa shape index (κ1) is 15.2. The van der Waals surface area contributed by atoms with E-state index in [4.69, 9.17) is 22.7 Å². The molecule has 20 heavy (non-hydrogen) atoms. The van der Waals surface area contributed by atoms with Gasteiger partial charge in [0.25, 0.3) is 0 Å². The lowest BCUT2D eigenvalue weighted by Gasteiger charge is -2.28. The Morgan fingerprint density at radius 3 is 2.80 bits per heavy atom. The monoisotopic (exact) mass is 294 g/mol. The van der Waals surface area contributed by atoms with Gasteiger partial charge in [0.2, 0.25) is 0 Å². The predicted octanol–water partition coefficient (Wildman–Crippen LogP) is 1.55. The summed E-state index contributed by atoms with van der Waals surface area (Å²) in [6.45, 7) is 3.12. The second-order valence-electron chi connectivity index (χ2n) is 5.22. The van der Waals surface area contributed by atoms with Gasteiger partial charge in [-0.1, -0.05) is 30.8 Å². The van der Waals surface area contributed by atoms with E-state index in [1.54, 1.807) is 6.07 Å². The third-order valence-corrected chi connectivity index (χ3v) is 3.71. The number of benzene rings is 1. The average molecular weight is 294 g/mol. The van der Waals surface area contributed by atoms with Crippen molar-refractivity contribution < 1.29 is 9.84 Å². The molecule has 0 bridgehead atoms. The van der Waals surface area contributed by atoms with Gasteiger partial charge in [-0.05, 0) is 38.1 Å². The van der Waals surface area contributed by atoms with Crippen LogP contribution >= 0.6 is 12.2 Å². The Hall–Kier alpha value is -1.17. The fourth-order valence-electron chi connectivity index (χ4n) is 2.42. The van der Waals surface area contributed by atoms with Gasteiger partial charge in [0.1, 0.15) is 23.4 Å². The molecule has 1 aromatic carbocycles. The minimum absolute atomic E-state index is 0.289. The summed E-state index contributed by atoms with van der Waals surface area (Å²) >= 11 is 4.93. The van der Waals surface area contributed by atoms with E-state index >= 15 is 0 Å². The highest BCUT2D eigenvalue weighted by Crippen LogP contribution is 2.14. The number of piperidine rings is 1. The summed E-state index contributed by atoms with van der Waals surface area (Å²) in [5.74, 6) is 0.688. The molecule has 1 saturated heterocycles. The van der Waals surface area contributed by atoms with Crippen molar-refractivity contribution in [3.63, 3.8) is 0 Å². The minimum atomic E-state index is -0.471. The van der Waals surface area contributed by atoms with Crippen molar-refractivity contribution in [3.05, 3.63) is 29.8 Å². The number of aliphatic hydroxyl groups excluding tert-OH is 1. The van der Waals surface area contributed by atoms with E-state index in [-0.39, 0.29) is 6.61 Å². The largest absolute Gasteiger partial charge is 0.491 e. The topological polar surface area (TPSA) is 58.7 Å². The lowest BCUT2D eigenvalue weighted by Crippen LogP contribution is -2.38. The smallest absolute Gasteiger partial charge is 0.120 e. The third-order valence-electron chi connectivity index (χ3n) is 3.48. The van der Waals surface area contributed by atoms with Gasteiger partial charge in [-0.15, -0.1) is 0 Å². The second-order valence-corrected chi connectivity index (χ2v) is 5.66. The fourth-order valence-corrected chi connectivity index (χ4v) is 2.55. The van der Waals surface area contributed by atoms with Crippen LogP contribution in [0.15, 0.2) is 24.3 Å². The number of β-amino-alcohol motifs (C(OH)–C–C–N with tert-alkyl or cyclic N) is 1. The maximum absolute atomic E-state index is 10.0. The zero-order valence-corrected chi connectivity index (χ0v) is 12.4. The maximum Gasteiger partial charge on any atom is 0.120 e. The summed E-state index contributed by atoms with van der Waals surface area (Å²) < 4.78 is 5.61. The van der Waals surface area contributed by atoms with E-state index in [1.165, 1.54) is 19.3 Å². The van der Waals surface area contributed by atoms with Crippen molar-refractivity contribution >= 4 is 17.2 Å². The van der Waals surface area contributed by atoms with Gasteiger partial charge in [-0.25, -0.2) is 0 Å². The van der Waals surface area contributed by atoms with Gasteiger partial charge in [-0.3, -0.25) is 0 Å². The van der Waals surface area contributed by atoms with Crippen molar-refractivity contribution in [2.45, 2.75) is 25.4 Å². The van der Waals surface area contributed by atoms with Crippen LogP contribution in [0.2, 0.25) is 0 Å². The van der Waals surface area contributed by atoms with Gasteiger partial charge in [0, 0.05) is 12.1 Å². The van der Waals surface area contributed by atoms with E-state index in [2.05, 4.69) is 4.90 Å². The lowest BCUT2D eigenvalue weighted by molar-refractivity contribution is 0.0617. The van der Waals surface area contributed by atoms with Crippen molar-refractivity contribution in [3.8, 4) is 5.75 Å². The molecule has 0 spiro atoms. The van der Waals surface area contributed by atoms with Crippen LogP contribution in [0, 0.1) is 0 Å². The van der Waals surface area contributed by atoms with Crippen LogP contribution in [0.3, 0.4) is 0 Å². The SMILES string of the molecule is NC(=S)c1cccc(OCC(O)CN2CCCCC2)c1. The molecular weight excluding hydrogens is 272 g/mol. The molecule has 5 heteroatoms. The first-order chi connectivity index (χ1) is 9.65. The average Bonchev–Trinajstić information content (AvgIpc) is 2.46. The highest BCUT2D eigenvalue weighted by molar-refractivity contribution is 7.80. The van der Waals surface area contributed by atoms with Crippen molar-refractivity contribution in [2.24, 2.45) is 5.73 Å². The zero-order valence-electron chi connectivity index (χ0n) is 11.6. The number of thiocarbonyl (C=S) groups is 1. The van der Waals surface area contributed by atoms with Gasteiger partial charge < -0.3 is 20.5 Å². The molecule has 0 aromatic heterocycles. The molecule has 1 aliphatic rings. The van der Waals surface area contributed by atoms with E-state index in [1.807, 2.05) is 18.2 Å². The lowest BCUT2D eigenvalue weighted by atomic mass is 10.1. The Morgan fingerprint density at radius 1 is 1.35 bits per heavy atom. The van der Waals surface area contributed by atoms with Gasteiger partial charge in [-0.2, -0.15) is 0 Å². The maximum atomic E-state index is 10.0. The van der Waals surface area contributed by atoms with Crippen molar-refractivity contribution in [1.29, 1.82) is 0 Å². The molecule has 1 aromatic rings. The highest BCUT2D eigenvalue weighted by atomic mass is 32.1. The standard InChI is InChI=1S/C15H22N2O2S/c16-15(20)12-5-4-6-14(9-12)19-11-13(18)10-17-7-2-1-3-8-17/h4-6,9,13,18H,1-3,7-8,10-11H2,(H2,16,20). The van der Waals surface area contributed by atoms with Gasteiger partial charge in [0.05, 0.1) is 0 Å². The number of rotatable bonds is 6. The number of nitrogens with zero attached hydrogens (tertiary/aromatic N) is 1. The Kier molecular flexibility index (Phi) is 5.76. The fraction of sp³-hybridized carbons (Fsp3) is 0.533. The normalized spacial score (nSPS) is 17.6. The van der Waals surface area contributed by atoms with Crippen LogP contribution in [-0.4, -0.2) is 47.3 Å². The van der Waals surface area contributed by atoms with Crippen LogP contribution in [0.4, 0.5) is 0 Å². The molecule has 2 rings (SSSR count). The molecular formula is C15H22N2O2S. The predicted molar refractivity (Wildman–Crippen MR) is 84.1 cm³/mol. The summed E-state index contributed by atoms with van der Waals surface area (Å²) in [5, 5.41) is 10.0. The Bertz CT molecular complexity index is 447. The summed E-state index contributed by atoms with van der Waals surface area (Å²) in [6, 6.07) is 7.34. The van der Waals surface area contributed by atoms with Gasteiger partial charge in [0.15, 0.2) is 0 Å². The number of likely N-dealkylation sites (tertiary alicyclic amines) is 1. The molecule has 1 unspecified atom stereocenters. The minimum Gasteiger partial charge on any atom is -0.491 e. The molecule has 0 saturated carbocycles. The Balaban J connectivity index is 1.78. The molecule has 4 nitrogen and oxygen atoms in total. The molecule has 1 fully saturated rings. The van der Waals surface area contributed by atoms with E-state index < -0.39 is 6.10 Å². The molecule has 1 aliphatic heterocycles. The van der Waals surface area contributed by atoms with Crippen LogP contribution in [0.25, 0.3) is 0 Å². The number of hydrogen-bond acceptors (Lipinski definition) is 4. The first-order valence-corrected chi connectivity index (χ1v) is 7.49. The quantitative estimate of drug-likeness (QED) is 0.780. The third kappa shape index (κ3) is 4.74.